The van der Waals surface area contributed by atoms with Gasteiger partial charge in [-0.05, 0) is 99.3 Å². The summed E-state index contributed by atoms with van der Waals surface area (Å²) >= 11 is 0. The fourth-order valence-electron chi connectivity index (χ4n) is 9.30. The number of para-hydroxylation sites is 4. The van der Waals surface area contributed by atoms with Gasteiger partial charge >= 0.3 is 0 Å². The molecule has 0 bridgehead atoms. The molecule has 3 nitrogen and oxygen atoms in total. The third kappa shape index (κ3) is 5.82. The van der Waals surface area contributed by atoms with Crippen LogP contribution in [0.15, 0.2) is 235 Å². The highest BCUT2D eigenvalue weighted by molar-refractivity contribution is 6.20. The third-order valence-electron chi connectivity index (χ3n) is 12.2. The number of rotatable bonds is 7. The number of nitrogens with zero attached hydrogens (tertiary/aromatic N) is 2. The van der Waals surface area contributed by atoms with E-state index in [0.29, 0.717) is 0 Å². The van der Waals surface area contributed by atoms with Crippen LogP contribution in [0.25, 0.3) is 93.6 Å². The van der Waals surface area contributed by atoms with Crippen LogP contribution in [-0.2, 0) is 0 Å². The number of benzene rings is 10. The van der Waals surface area contributed by atoms with Crippen molar-refractivity contribution >= 4 is 71.6 Å². The van der Waals surface area contributed by atoms with Gasteiger partial charge in [-0.2, -0.15) is 0 Å². The molecule has 0 amide bonds. The smallest absolute Gasteiger partial charge is 0.145 e. The van der Waals surface area contributed by atoms with E-state index in [1.54, 1.807) is 0 Å². The monoisotopic (exact) mass is 778 g/mol. The summed E-state index contributed by atoms with van der Waals surface area (Å²) in [5, 5.41) is 6.96. The second-order valence-corrected chi connectivity index (χ2v) is 15.7. The number of hydrogen-bond donors (Lipinski definition) is 0. The number of fused-ring (bicyclic) bond motifs is 7. The molecule has 0 saturated carbocycles. The Bertz CT molecular complexity index is 3560. The summed E-state index contributed by atoms with van der Waals surface area (Å²) in [6.45, 7) is 0. The minimum atomic E-state index is 0.859. The average Bonchev–Trinajstić information content (AvgIpc) is 3.90. The molecule has 12 rings (SSSR count). The Kier molecular flexibility index (Phi) is 8.17. The summed E-state index contributed by atoms with van der Waals surface area (Å²) in [6, 6.07) is 82.8. The molecule has 0 aliphatic heterocycles. The van der Waals surface area contributed by atoms with Gasteiger partial charge in [-0.3, -0.25) is 0 Å². The molecule has 0 spiro atoms. The maximum atomic E-state index is 6.93. The second kappa shape index (κ2) is 14.3. The summed E-state index contributed by atoms with van der Waals surface area (Å²) < 4.78 is 9.35. The molecule has 0 aliphatic carbocycles. The molecular weight excluding hydrogens is 741 g/mol. The van der Waals surface area contributed by atoms with E-state index >= 15 is 0 Å². The van der Waals surface area contributed by atoms with Crippen LogP contribution in [0.1, 0.15) is 0 Å². The highest BCUT2D eigenvalue weighted by Crippen LogP contribution is 2.49. The lowest BCUT2D eigenvalue weighted by Gasteiger charge is -2.28. The van der Waals surface area contributed by atoms with Crippen LogP contribution in [0.3, 0.4) is 0 Å². The molecule has 0 saturated heterocycles. The zero-order chi connectivity index (χ0) is 40.3. The summed E-state index contributed by atoms with van der Waals surface area (Å²) in [7, 11) is 0. The van der Waals surface area contributed by atoms with Gasteiger partial charge in [-0.1, -0.05) is 170 Å². The molecule has 2 aromatic heterocycles. The van der Waals surface area contributed by atoms with Crippen molar-refractivity contribution in [3.05, 3.63) is 231 Å². The molecule has 61 heavy (non-hydrogen) atoms. The first-order valence-electron chi connectivity index (χ1n) is 20.8. The Balaban J connectivity index is 1.11. The molecule has 2 heterocycles. The Hall–Kier alpha value is -8.14. The van der Waals surface area contributed by atoms with Crippen LogP contribution in [0.2, 0.25) is 0 Å². The molecule has 3 heteroatoms. The Labute approximate surface area is 353 Å². The van der Waals surface area contributed by atoms with E-state index in [-0.39, 0.29) is 0 Å². The molecule has 286 valence electrons. The predicted molar refractivity (Wildman–Crippen MR) is 257 cm³/mol. The van der Waals surface area contributed by atoms with Gasteiger partial charge in [0.15, 0.2) is 0 Å². The van der Waals surface area contributed by atoms with Gasteiger partial charge < -0.3 is 13.9 Å². The average molecular weight is 779 g/mol. The minimum absolute atomic E-state index is 0.859. The largest absolute Gasteiger partial charge is 0.455 e. The van der Waals surface area contributed by atoms with E-state index in [4.69, 9.17) is 4.42 Å². The van der Waals surface area contributed by atoms with Gasteiger partial charge in [-0.15, -0.1) is 0 Å². The molecule has 0 fully saturated rings. The Morgan fingerprint density at radius 3 is 1.74 bits per heavy atom. The first kappa shape index (κ1) is 34.9. The number of aromatic nitrogens is 1. The SMILES string of the molecule is c1ccc(-c2ccc(-c3ccc(N(c4ccc(-c5ccc6ccccc6c5)c5oc6ccccc6c45)c4cccc5c6ccccc6n(-c6ccccc6)c45)cc3)cc2)cc1. The minimum Gasteiger partial charge on any atom is -0.455 e. The Morgan fingerprint density at radius 1 is 0.377 bits per heavy atom. The van der Waals surface area contributed by atoms with Crippen molar-refractivity contribution in [1.82, 2.24) is 4.57 Å². The van der Waals surface area contributed by atoms with Crippen molar-refractivity contribution < 1.29 is 4.42 Å². The Morgan fingerprint density at radius 2 is 0.967 bits per heavy atom. The molecule has 10 aromatic carbocycles. The maximum absolute atomic E-state index is 6.93. The lowest BCUT2D eigenvalue weighted by molar-refractivity contribution is 0.670. The quantitative estimate of drug-likeness (QED) is 0.161. The fourth-order valence-corrected chi connectivity index (χ4v) is 9.30. The fraction of sp³-hybridized carbons (Fsp3) is 0. The van der Waals surface area contributed by atoms with Crippen LogP contribution in [0.5, 0.6) is 0 Å². The van der Waals surface area contributed by atoms with Crippen molar-refractivity contribution in [2.45, 2.75) is 0 Å². The van der Waals surface area contributed by atoms with E-state index in [1.807, 2.05) is 0 Å². The van der Waals surface area contributed by atoms with Crippen LogP contribution < -0.4 is 4.90 Å². The van der Waals surface area contributed by atoms with Crippen LogP contribution in [0.4, 0.5) is 17.1 Å². The predicted octanol–water partition coefficient (Wildman–Crippen LogP) is 16.3. The van der Waals surface area contributed by atoms with Crippen LogP contribution in [-0.4, -0.2) is 4.57 Å². The van der Waals surface area contributed by atoms with Gasteiger partial charge in [0.25, 0.3) is 0 Å². The van der Waals surface area contributed by atoms with Gasteiger partial charge in [0.1, 0.15) is 11.2 Å². The third-order valence-corrected chi connectivity index (χ3v) is 12.2. The highest BCUT2D eigenvalue weighted by Gasteiger charge is 2.26. The summed E-state index contributed by atoms with van der Waals surface area (Å²) in [4.78, 5) is 2.44. The van der Waals surface area contributed by atoms with Crippen LogP contribution >= 0.6 is 0 Å². The lowest BCUT2D eigenvalue weighted by Crippen LogP contribution is -2.12. The van der Waals surface area contributed by atoms with Crippen molar-refractivity contribution in [3.8, 4) is 39.1 Å². The molecule has 0 radical (unpaired) electrons. The first-order valence-corrected chi connectivity index (χ1v) is 20.8. The first-order chi connectivity index (χ1) is 30.3. The van der Waals surface area contributed by atoms with Crippen molar-refractivity contribution in [2.24, 2.45) is 0 Å². The van der Waals surface area contributed by atoms with Gasteiger partial charge in [-0.25, -0.2) is 0 Å². The topological polar surface area (TPSA) is 21.3 Å². The van der Waals surface area contributed by atoms with Gasteiger partial charge in [0, 0.05) is 33.1 Å². The van der Waals surface area contributed by atoms with Crippen molar-refractivity contribution in [1.29, 1.82) is 0 Å². The molecule has 0 atom stereocenters. The molecule has 0 N–H and O–H groups in total. The number of hydrogen-bond acceptors (Lipinski definition) is 2. The maximum Gasteiger partial charge on any atom is 0.145 e. The second-order valence-electron chi connectivity index (χ2n) is 15.7. The van der Waals surface area contributed by atoms with Crippen LogP contribution in [0, 0.1) is 0 Å². The van der Waals surface area contributed by atoms with E-state index < -0.39 is 0 Å². The van der Waals surface area contributed by atoms with Crippen molar-refractivity contribution in [3.63, 3.8) is 0 Å². The van der Waals surface area contributed by atoms with Gasteiger partial charge in [0.2, 0.25) is 0 Å². The summed E-state index contributed by atoms with van der Waals surface area (Å²) in [5.41, 5.74) is 15.2. The zero-order valence-corrected chi connectivity index (χ0v) is 33.2. The lowest BCUT2D eigenvalue weighted by atomic mass is 9.97. The van der Waals surface area contributed by atoms with E-state index in [1.165, 1.54) is 38.2 Å². The number of furan rings is 1. The highest BCUT2D eigenvalue weighted by atomic mass is 16.3. The van der Waals surface area contributed by atoms with Gasteiger partial charge in [0.05, 0.1) is 27.8 Å². The normalized spacial score (nSPS) is 11.6. The molecule has 12 aromatic rings. The summed E-state index contributed by atoms with van der Waals surface area (Å²) in [6.07, 6.45) is 0. The molecular formula is C58H38N2O. The van der Waals surface area contributed by atoms with Crippen molar-refractivity contribution in [2.75, 3.05) is 4.90 Å². The molecule has 0 unspecified atom stereocenters. The van der Waals surface area contributed by atoms with E-state index in [0.717, 1.165) is 72.4 Å². The zero-order valence-electron chi connectivity index (χ0n) is 33.2. The summed E-state index contributed by atoms with van der Waals surface area (Å²) in [5.74, 6) is 0. The standard InChI is InChI=1S/C58H38N2O/c1-3-14-39(15-4-1)41-26-28-42(29-27-41)43-32-34-47(35-33-43)59(54-24-13-22-50-49-20-9-11-23-52(49)60(57(50)54)46-18-5-2-6-19-46)53-37-36-48(45-31-30-40-16-7-8-17-44(40)38-45)58-56(53)51-21-10-12-25-55(51)61-58/h1-38H. The van der Waals surface area contributed by atoms with E-state index in [2.05, 4.69) is 240 Å². The number of anilines is 3. The van der Waals surface area contributed by atoms with E-state index in [9.17, 15) is 0 Å². The molecule has 0 aliphatic rings.